The summed E-state index contributed by atoms with van der Waals surface area (Å²) in [6, 6.07) is 0. The highest BCUT2D eigenvalue weighted by molar-refractivity contribution is 6.38. The third-order valence-electron chi connectivity index (χ3n) is 3.03. The van der Waals surface area contributed by atoms with E-state index in [2.05, 4.69) is 0 Å². The van der Waals surface area contributed by atoms with Crippen LogP contribution in [0.1, 0.15) is 46.5 Å². The fraction of sp³-hybridized carbons (Fsp3) is 1.00. The molecule has 1 fully saturated rings. The highest BCUT2D eigenvalue weighted by atomic mass is 28.2. The molecule has 6 nitrogen and oxygen atoms in total. The van der Waals surface area contributed by atoms with Crippen molar-refractivity contribution in [2.24, 2.45) is 0 Å². The van der Waals surface area contributed by atoms with Crippen molar-refractivity contribution in [3.05, 3.63) is 0 Å². The Bertz CT molecular complexity index is 257. The van der Waals surface area contributed by atoms with Crippen molar-refractivity contribution in [2.75, 3.05) is 13.2 Å². The summed E-state index contributed by atoms with van der Waals surface area (Å²) in [5.41, 5.74) is -0.238. The summed E-state index contributed by atoms with van der Waals surface area (Å²) in [4.78, 5) is 0. The van der Waals surface area contributed by atoms with Crippen LogP contribution in [0.25, 0.3) is 0 Å². The van der Waals surface area contributed by atoms with Gasteiger partial charge >= 0.3 is 0 Å². The first-order chi connectivity index (χ1) is 9.55. The average molecular weight is 306 g/mol. The zero-order chi connectivity index (χ0) is 15.0. The summed E-state index contributed by atoms with van der Waals surface area (Å²) in [5, 5.41) is 18.1. The molecule has 7 heteroatoms. The van der Waals surface area contributed by atoms with Gasteiger partial charge in [0.1, 0.15) is 5.91 Å². The third kappa shape index (κ3) is 5.77. The number of aliphatic hydroxyl groups excluding tert-OH is 1. The lowest BCUT2D eigenvalue weighted by atomic mass is 10.3. The molecule has 2 unspecified atom stereocenters. The van der Waals surface area contributed by atoms with E-state index in [4.69, 9.17) is 29.2 Å². The van der Waals surface area contributed by atoms with Gasteiger partial charge in [0.2, 0.25) is 0 Å². The summed E-state index contributed by atoms with van der Waals surface area (Å²) in [6.07, 6.45) is 2.28. The molecule has 1 rings (SSSR count). The summed E-state index contributed by atoms with van der Waals surface area (Å²) < 4.78 is 22.9. The molecule has 1 aliphatic heterocycles. The lowest BCUT2D eigenvalue weighted by Crippen LogP contribution is -2.47. The van der Waals surface area contributed by atoms with E-state index >= 15 is 0 Å². The molecule has 1 aliphatic rings. The van der Waals surface area contributed by atoms with Crippen molar-refractivity contribution in [1.29, 1.82) is 0 Å². The fourth-order valence-corrected chi connectivity index (χ4v) is 2.72. The SMILES string of the molecule is CCC(OC(CC)[Si]C(O)O)OC1(CC)OCCCO1. The van der Waals surface area contributed by atoms with Crippen LogP contribution in [0.4, 0.5) is 0 Å². The average Bonchev–Trinajstić information content (AvgIpc) is 2.46. The van der Waals surface area contributed by atoms with Crippen molar-refractivity contribution < 1.29 is 29.2 Å². The van der Waals surface area contributed by atoms with Crippen LogP contribution in [-0.2, 0) is 18.9 Å². The molecule has 20 heavy (non-hydrogen) atoms. The minimum atomic E-state index is -1.35. The molecule has 118 valence electrons. The Balaban J connectivity index is 2.55. The van der Waals surface area contributed by atoms with Gasteiger partial charge in [-0.2, -0.15) is 0 Å². The van der Waals surface area contributed by atoms with Gasteiger partial charge in [-0.05, 0) is 19.3 Å². The minimum Gasteiger partial charge on any atom is -0.372 e. The predicted octanol–water partition coefficient (Wildman–Crippen LogP) is 0.965. The minimum absolute atomic E-state index is 0.0945. The second kappa shape index (κ2) is 9.09. The van der Waals surface area contributed by atoms with Crippen LogP contribution >= 0.6 is 0 Å². The van der Waals surface area contributed by atoms with Gasteiger partial charge in [-0.1, -0.05) is 20.8 Å². The smallest absolute Gasteiger partial charge is 0.284 e. The second-order valence-electron chi connectivity index (χ2n) is 4.62. The van der Waals surface area contributed by atoms with Crippen molar-refractivity contribution in [2.45, 2.75) is 70.4 Å². The van der Waals surface area contributed by atoms with Crippen molar-refractivity contribution >= 4 is 9.52 Å². The van der Waals surface area contributed by atoms with E-state index in [-0.39, 0.29) is 15.2 Å². The molecular weight excluding hydrogens is 280 g/mol. The number of rotatable bonds is 9. The lowest BCUT2D eigenvalue weighted by Gasteiger charge is -2.38. The maximum absolute atomic E-state index is 9.06. The maximum Gasteiger partial charge on any atom is 0.284 e. The summed E-state index contributed by atoms with van der Waals surface area (Å²) in [7, 11) is -0.0945. The van der Waals surface area contributed by atoms with Crippen molar-refractivity contribution in [3.8, 4) is 0 Å². The van der Waals surface area contributed by atoms with E-state index in [1.54, 1.807) is 0 Å². The van der Waals surface area contributed by atoms with Crippen LogP contribution in [-0.4, -0.2) is 56.9 Å². The van der Waals surface area contributed by atoms with Gasteiger partial charge in [-0.15, -0.1) is 0 Å². The van der Waals surface area contributed by atoms with Crippen LogP contribution in [0.5, 0.6) is 0 Å². The normalized spacial score (nSPS) is 21.9. The number of aliphatic hydroxyl groups is 2. The quantitative estimate of drug-likeness (QED) is 0.488. The molecule has 2 atom stereocenters. The largest absolute Gasteiger partial charge is 0.372 e. The zero-order valence-electron chi connectivity index (χ0n) is 12.5. The van der Waals surface area contributed by atoms with E-state index in [1.807, 2.05) is 20.8 Å². The number of ether oxygens (including phenoxy) is 4. The monoisotopic (exact) mass is 306 g/mol. The molecule has 0 aromatic rings. The van der Waals surface area contributed by atoms with Crippen molar-refractivity contribution in [1.82, 2.24) is 0 Å². The van der Waals surface area contributed by atoms with E-state index in [1.165, 1.54) is 0 Å². The number of hydrogen-bond donors (Lipinski definition) is 2. The first-order valence-electron chi connectivity index (χ1n) is 7.28. The van der Waals surface area contributed by atoms with Crippen LogP contribution < -0.4 is 0 Å². The van der Waals surface area contributed by atoms with Gasteiger partial charge in [0.15, 0.2) is 15.8 Å². The standard InChI is InChI=1S/C13H26O6Si/c1-4-10(18-11(5-2)20-12(14)15)19-13(6-3)16-8-7-9-17-13/h10-12,14-15H,4-9H2,1-3H3. The highest BCUT2D eigenvalue weighted by Crippen LogP contribution is 2.27. The third-order valence-corrected chi connectivity index (χ3v) is 4.25. The summed E-state index contributed by atoms with van der Waals surface area (Å²) >= 11 is 0. The topological polar surface area (TPSA) is 77.4 Å². The van der Waals surface area contributed by atoms with Gasteiger partial charge in [-0.3, -0.25) is 4.74 Å². The van der Waals surface area contributed by atoms with Gasteiger partial charge in [0, 0.05) is 6.42 Å². The molecule has 1 heterocycles. The van der Waals surface area contributed by atoms with Crippen LogP contribution in [0.2, 0.25) is 0 Å². The molecule has 2 N–H and O–H groups in total. The molecule has 1 saturated heterocycles. The Hall–Kier alpha value is -0.0231. The Kier molecular flexibility index (Phi) is 8.19. The molecule has 0 aromatic carbocycles. The van der Waals surface area contributed by atoms with Gasteiger partial charge in [0.25, 0.3) is 5.97 Å². The van der Waals surface area contributed by atoms with Crippen LogP contribution in [0, 0.1) is 0 Å². The van der Waals surface area contributed by atoms with Crippen molar-refractivity contribution in [3.63, 3.8) is 0 Å². The van der Waals surface area contributed by atoms with E-state index in [9.17, 15) is 0 Å². The zero-order valence-corrected chi connectivity index (χ0v) is 13.5. The molecule has 0 aromatic heterocycles. The summed E-state index contributed by atoms with van der Waals surface area (Å²) in [6.45, 7) is 7.05. The Morgan fingerprint density at radius 1 is 1.15 bits per heavy atom. The predicted molar refractivity (Wildman–Crippen MR) is 73.9 cm³/mol. The first-order valence-corrected chi connectivity index (χ1v) is 8.44. The van der Waals surface area contributed by atoms with Gasteiger partial charge in [0.05, 0.1) is 18.9 Å². The van der Waals surface area contributed by atoms with Crippen LogP contribution in [0.15, 0.2) is 0 Å². The van der Waals surface area contributed by atoms with Crippen LogP contribution in [0.3, 0.4) is 0 Å². The fourth-order valence-electron chi connectivity index (χ4n) is 1.92. The molecule has 0 aliphatic carbocycles. The van der Waals surface area contributed by atoms with E-state index in [0.717, 1.165) is 6.42 Å². The second-order valence-corrected chi connectivity index (χ2v) is 6.11. The molecule has 0 amide bonds. The maximum atomic E-state index is 9.06. The molecular formula is C13H26O6Si. The van der Waals surface area contributed by atoms with E-state index < -0.39 is 18.2 Å². The Morgan fingerprint density at radius 2 is 1.80 bits per heavy atom. The number of hydrogen-bond acceptors (Lipinski definition) is 6. The highest BCUT2D eigenvalue weighted by Gasteiger charge is 2.37. The Labute approximate surface area is 123 Å². The lowest BCUT2D eigenvalue weighted by molar-refractivity contribution is -0.435. The molecule has 0 saturated carbocycles. The molecule has 2 radical (unpaired) electrons. The molecule has 0 spiro atoms. The Morgan fingerprint density at radius 3 is 2.25 bits per heavy atom. The van der Waals surface area contributed by atoms with Gasteiger partial charge in [-0.25, -0.2) is 0 Å². The summed E-state index contributed by atoms with van der Waals surface area (Å²) in [5.74, 6) is -2.38. The first kappa shape index (κ1) is 18.0. The molecule has 0 bridgehead atoms. The van der Waals surface area contributed by atoms with Gasteiger partial charge < -0.3 is 24.4 Å². The van der Waals surface area contributed by atoms with E-state index in [0.29, 0.717) is 32.5 Å².